The van der Waals surface area contributed by atoms with Crippen LogP contribution >= 0.6 is 0 Å². The van der Waals surface area contributed by atoms with Crippen LogP contribution in [0.1, 0.15) is 39.2 Å². The Balaban J connectivity index is 1.66. The molecule has 1 fully saturated rings. The molecule has 5 nitrogen and oxygen atoms in total. The lowest BCUT2D eigenvalue weighted by molar-refractivity contribution is 0.172. The van der Waals surface area contributed by atoms with Crippen LogP contribution in [-0.4, -0.2) is 34.1 Å². The number of H-pyrrole nitrogens is 1. The fraction of sp³-hybridized carbons (Fsp3) is 0.556. The van der Waals surface area contributed by atoms with Crippen LogP contribution in [0.25, 0.3) is 11.0 Å². The molecular formula is C18H24N4O. The molecule has 0 amide bonds. The van der Waals surface area contributed by atoms with Gasteiger partial charge in [-0.1, -0.05) is 12.1 Å². The first kappa shape index (κ1) is 15.8. The smallest absolute Gasteiger partial charge is 0.306 e. The van der Waals surface area contributed by atoms with Gasteiger partial charge < -0.3 is 9.88 Å². The van der Waals surface area contributed by atoms with Crippen LogP contribution in [0, 0.1) is 16.7 Å². The van der Waals surface area contributed by atoms with Crippen molar-refractivity contribution in [1.82, 2.24) is 14.5 Å². The minimum absolute atomic E-state index is 0.00439. The van der Waals surface area contributed by atoms with Crippen LogP contribution in [0.4, 0.5) is 0 Å². The number of likely N-dealkylation sites (tertiary alicyclic amines) is 1. The lowest BCUT2D eigenvalue weighted by atomic mass is 9.91. The molecule has 1 aliphatic heterocycles. The third kappa shape index (κ3) is 3.32. The van der Waals surface area contributed by atoms with Crippen molar-refractivity contribution in [2.24, 2.45) is 5.41 Å². The lowest BCUT2D eigenvalue weighted by Gasteiger charge is -2.33. The summed E-state index contributed by atoms with van der Waals surface area (Å²) in [6.45, 7) is 6.91. The Hall–Kier alpha value is -2.06. The number of imidazole rings is 1. The highest BCUT2D eigenvalue weighted by Crippen LogP contribution is 2.26. The van der Waals surface area contributed by atoms with Crippen LogP contribution in [0.3, 0.4) is 0 Å². The molecule has 0 spiro atoms. The van der Waals surface area contributed by atoms with Gasteiger partial charge in [0.25, 0.3) is 0 Å². The average Bonchev–Trinajstić information content (AvgIpc) is 2.89. The fourth-order valence-electron chi connectivity index (χ4n) is 3.33. The second-order valence-corrected chi connectivity index (χ2v) is 7.14. The maximum Gasteiger partial charge on any atom is 0.326 e. The highest BCUT2D eigenvalue weighted by molar-refractivity contribution is 5.75. The van der Waals surface area contributed by atoms with Crippen molar-refractivity contribution in [1.29, 1.82) is 5.26 Å². The number of benzene rings is 1. The van der Waals surface area contributed by atoms with Crippen molar-refractivity contribution in [3.05, 3.63) is 34.7 Å². The maximum absolute atomic E-state index is 12.3. The van der Waals surface area contributed by atoms with Crippen molar-refractivity contribution < 1.29 is 0 Å². The molecule has 1 aromatic heterocycles. The predicted octanol–water partition coefficient (Wildman–Crippen LogP) is 2.91. The number of aromatic amines is 1. The Bertz CT molecular complexity index is 772. The standard InChI is InChI=1S/C18H24N4O/c1-18(2,13-19)9-12-21-10-7-14(8-11-21)22-16-6-4-3-5-15(16)20-17(22)23/h3-6,14H,7-12H2,1-2H3,(H,20,23). The summed E-state index contributed by atoms with van der Waals surface area (Å²) >= 11 is 0. The van der Waals surface area contributed by atoms with Gasteiger partial charge in [-0.25, -0.2) is 4.79 Å². The zero-order valence-corrected chi connectivity index (χ0v) is 13.9. The third-order valence-electron chi connectivity index (χ3n) is 4.90. The van der Waals surface area contributed by atoms with E-state index in [1.165, 1.54) is 0 Å². The SMILES string of the molecule is CC(C)(C#N)CCN1CCC(n2c(=O)[nH]c3ccccc32)CC1. The monoisotopic (exact) mass is 312 g/mol. The molecule has 23 heavy (non-hydrogen) atoms. The van der Waals surface area contributed by atoms with Gasteiger partial charge >= 0.3 is 5.69 Å². The van der Waals surface area contributed by atoms with Crippen molar-refractivity contribution in [3.63, 3.8) is 0 Å². The van der Waals surface area contributed by atoms with Crippen molar-refractivity contribution in [2.75, 3.05) is 19.6 Å². The Morgan fingerprint density at radius 2 is 2.00 bits per heavy atom. The van der Waals surface area contributed by atoms with Gasteiger partial charge in [-0.3, -0.25) is 4.57 Å². The highest BCUT2D eigenvalue weighted by atomic mass is 16.1. The molecule has 0 aliphatic carbocycles. The van der Waals surface area contributed by atoms with E-state index < -0.39 is 0 Å². The van der Waals surface area contributed by atoms with E-state index >= 15 is 0 Å². The van der Waals surface area contributed by atoms with Crippen molar-refractivity contribution in [3.8, 4) is 6.07 Å². The number of hydrogen-bond donors (Lipinski definition) is 1. The number of hydrogen-bond acceptors (Lipinski definition) is 3. The molecule has 1 N–H and O–H groups in total. The summed E-state index contributed by atoms with van der Waals surface area (Å²) in [5.41, 5.74) is 1.65. The minimum Gasteiger partial charge on any atom is -0.306 e. The Morgan fingerprint density at radius 1 is 1.30 bits per heavy atom. The second-order valence-electron chi connectivity index (χ2n) is 7.14. The number of nitrogens with one attached hydrogen (secondary N) is 1. The summed E-state index contributed by atoms with van der Waals surface area (Å²) in [4.78, 5) is 17.6. The molecule has 0 unspecified atom stereocenters. The zero-order chi connectivity index (χ0) is 16.4. The summed E-state index contributed by atoms with van der Waals surface area (Å²) in [5.74, 6) is 0. The van der Waals surface area contributed by atoms with Gasteiger partial charge in [0.2, 0.25) is 0 Å². The molecule has 0 bridgehead atoms. The summed E-state index contributed by atoms with van der Waals surface area (Å²) in [6.07, 6.45) is 2.85. The molecule has 3 rings (SSSR count). The lowest BCUT2D eigenvalue weighted by Crippen LogP contribution is -2.38. The molecule has 0 atom stereocenters. The second kappa shape index (κ2) is 6.21. The van der Waals surface area contributed by atoms with E-state index in [1.807, 2.05) is 42.7 Å². The average molecular weight is 312 g/mol. The summed E-state index contributed by atoms with van der Waals surface area (Å²) in [7, 11) is 0. The first-order valence-electron chi connectivity index (χ1n) is 8.33. The largest absolute Gasteiger partial charge is 0.326 e. The first-order valence-corrected chi connectivity index (χ1v) is 8.33. The number of para-hydroxylation sites is 2. The van der Waals surface area contributed by atoms with E-state index in [0.29, 0.717) is 0 Å². The molecule has 0 saturated carbocycles. The maximum atomic E-state index is 12.3. The van der Waals surface area contributed by atoms with Crippen LogP contribution in [0.5, 0.6) is 0 Å². The molecule has 1 aliphatic rings. The van der Waals surface area contributed by atoms with E-state index in [1.54, 1.807) is 0 Å². The van der Waals surface area contributed by atoms with E-state index in [4.69, 9.17) is 5.26 Å². The Kier molecular flexibility index (Phi) is 4.27. The van der Waals surface area contributed by atoms with E-state index in [0.717, 1.165) is 49.9 Å². The van der Waals surface area contributed by atoms with Gasteiger partial charge in [0.1, 0.15) is 0 Å². The van der Waals surface area contributed by atoms with Gasteiger partial charge in [-0.2, -0.15) is 5.26 Å². The summed E-state index contributed by atoms with van der Waals surface area (Å²) in [5, 5.41) is 9.11. The third-order valence-corrected chi connectivity index (χ3v) is 4.90. The number of nitriles is 1. The number of fused-ring (bicyclic) bond motifs is 1. The predicted molar refractivity (Wildman–Crippen MR) is 91.3 cm³/mol. The fourth-order valence-corrected chi connectivity index (χ4v) is 3.33. The highest BCUT2D eigenvalue weighted by Gasteiger charge is 2.25. The Labute approximate surface area is 136 Å². The molecule has 5 heteroatoms. The quantitative estimate of drug-likeness (QED) is 0.944. The van der Waals surface area contributed by atoms with Gasteiger partial charge in [0.05, 0.1) is 22.5 Å². The van der Waals surface area contributed by atoms with Gasteiger partial charge in [0.15, 0.2) is 0 Å². The molecule has 1 aromatic carbocycles. The van der Waals surface area contributed by atoms with Gasteiger partial charge in [0, 0.05) is 19.1 Å². The molecule has 0 radical (unpaired) electrons. The van der Waals surface area contributed by atoms with Crippen LogP contribution in [0.2, 0.25) is 0 Å². The number of nitrogens with zero attached hydrogens (tertiary/aromatic N) is 3. The molecule has 1 saturated heterocycles. The molecular weight excluding hydrogens is 288 g/mol. The van der Waals surface area contributed by atoms with Crippen LogP contribution in [-0.2, 0) is 0 Å². The van der Waals surface area contributed by atoms with Gasteiger partial charge in [-0.05, 0) is 51.8 Å². The summed E-state index contributed by atoms with van der Waals surface area (Å²) < 4.78 is 1.92. The summed E-state index contributed by atoms with van der Waals surface area (Å²) in [6, 6.07) is 10.5. The van der Waals surface area contributed by atoms with E-state index in [-0.39, 0.29) is 17.1 Å². The normalized spacial score (nSPS) is 17.4. The Morgan fingerprint density at radius 3 is 2.70 bits per heavy atom. The molecule has 2 heterocycles. The van der Waals surface area contributed by atoms with Crippen LogP contribution < -0.4 is 5.69 Å². The first-order chi connectivity index (χ1) is 11.0. The number of rotatable bonds is 4. The zero-order valence-electron chi connectivity index (χ0n) is 13.9. The number of aromatic nitrogens is 2. The number of piperidine rings is 1. The van der Waals surface area contributed by atoms with Crippen LogP contribution in [0.15, 0.2) is 29.1 Å². The van der Waals surface area contributed by atoms with E-state index in [2.05, 4.69) is 16.0 Å². The van der Waals surface area contributed by atoms with E-state index in [9.17, 15) is 4.79 Å². The van der Waals surface area contributed by atoms with Gasteiger partial charge in [-0.15, -0.1) is 0 Å². The van der Waals surface area contributed by atoms with Crippen molar-refractivity contribution >= 4 is 11.0 Å². The molecule has 122 valence electrons. The topological polar surface area (TPSA) is 64.8 Å². The molecule has 2 aromatic rings. The van der Waals surface area contributed by atoms with Crippen molar-refractivity contribution in [2.45, 2.75) is 39.2 Å². The minimum atomic E-state index is -0.259.